The predicted octanol–water partition coefficient (Wildman–Crippen LogP) is 1.56. The lowest BCUT2D eigenvalue weighted by atomic mass is 10.3. The molecule has 0 aliphatic heterocycles. The molecule has 0 saturated carbocycles. The molecule has 0 spiro atoms. The highest BCUT2D eigenvalue weighted by atomic mass is 79.9. The second kappa shape index (κ2) is 7.56. The van der Waals surface area contributed by atoms with Gasteiger partial charge in [0.25, 0.3) is 0 Å². The third-order valence-electron chi connectivity index (χ3n) is 1.18. The molecule has 0 aliphatic rings. The van der Waals surface area contributed by atoms with E-state index in [0.717, 1.165) is 11.8 Å². The Morgan fingerprint density at radius 1 is 1.67 bits per heavy atom. The Hall–Kier alpha value is -0.0800. The lowest BCUT2D eigenvalue weighted by molar-refractivity contribution is -0.120. The van der Waals surface area contributed by atoms with Crippen LogP contribution in [-0.4, -0.2) is 22.6 Å². The van der Waals surface area contributed by atoms with Crippen molar-refractivity contribution in [3.05, 3.63) is 0 Å². The number of rotatable bonds is 5. The first-order chi connectivity index (χ1) is 5.72. The molecule has 0 aliphatic carbocycles. The van der Waals surface area contributed by atoms with Gasteiger partial charge in [-0.05, 0) is 6.42 Å². The first kappa shape index (κ1) is 11.9. The van der Waals surface area contributed by atoms with Crippen LogP contribution in [0, 0.1) is 11.3 Å². The maximum absolute atomic E-state index is 11.1. The number of carbonyl (C=O) groups is 1. The number of nitrogens with one attached hydrogen (secondary N) is 1. The first-order valence-corrected chi connectivity index (χ1v) is 5.60. The summed E-state index contributed by atoms with van der Waals surface area (Å²) >= 11 is 6.47. The minimum absolute atomic E-state index is 0.0512. The zero-order chi connectivity index (χ0) is 9.40. The fraction of sp³-hybridized carbons (Fsp3) is 0.714. The van der Waals surface area contributed by atoms with Gasteiger partial charge in [0.1, 0.15) is 0 Å². The molecular formula is C7H10Br2N2O. The number of amides is 1. The van der Waals surface area contributed by atoms with Crippen molar-refractivity contribution in [2.75, 3.05) is 11.9 Å². The fourth-order valence-corrected chi connectivity index (χ4v) is 2.04. The maximum atomic E-state index is 11.1. The Labute approximate surface area is 88.8 Å². The molecule has 3 nitrogen and oxygen atoms in total. The van der Waals surface area contributed by atoms with E-state index < -0.39 is 0 Å². The van der Waals surface area contributed by atoms with Crippen molar-refractivity contribution >= 4 is 37.8 Å². The van der Waals surface area contributed by atoms with Crippen molar-refractivity contribution < 1.29 is 4.79 Å². The van der Waals surface area contributed by atoms with Crippen molar-refractivity contribution in [3.63, 3.8) is 0 Å². The van der Waals surface area contributed by atoms with Gasteiger partial charge in [0.15, 0.2) is 0 Å². The molecule has 1 amide bonds. The van der Waals surface area contributed by atoms with Crippen molar-refractivity contribution in [1.82, 2.24) is 5.32 Å². The molecule has 5 heteroatoms. The average molecular weight is 298 g/mol. The van der Waals surface area contributed by atoms with E-state index in [4.69, 9.17) is 5.26 Å². The summed E-state index contributed by atoms with van der Waals surface area (Å²) in [6.45, 7) is 0.430. The third kappa shape index (κ3) is 5.56. The van der Waals surface area contributed by atoms with Gasteiger partial charge in [0.2, 0.25) is 5.91 Å². The van der Waals surface area contributed by atoms with E-state index in [0.29, 0.717) is 13.0 Å². The van der Waals surface area contributed by atoms with E-state index in [2.05, 4.69) is 37.2 Å². The number of hydrogen-bond acceptors (Lipinski definition) is 2. The summed E-state index contributed by atoms with van der Waals surface area (Å²) in [5, 5.41) is 11.6. The highest BCUT2D eigenvalue weighted by Crippen LogP contribution is 2.06. The number of nitrogens with zero attached hydrogens (tertiary/aromatic N) is 1. The third-order valence-corrected chi connectivity index (χ3v) is 2.51. The zero-order valence-electron chi connectivity index (χ0n) is 6.52. The standard InChI is InChI=1S/C7H10Br2N2O/c8-3-2-6(9)7(12)11-5-1-4-10/h6H,1-3,5H2,(H,11,12). The van der Waals surface area contributed by atoms with E-state index >= 15 is 0 Å². The number of halogens is 2. The van der Waals surface area contributed by atoms with Crippen molar-refractivity contribution in [1.29, 1.82) is 5.26 Å². The molecule has 0 bridgehead atoms. The molecule has 0 heterocycles. The summed E-state index contributed by atoms with van der Waals surface area (Å²) in [6.07, 6.45) is 1.11. The number of nitriles is 1. The van der Waals surface area contributed by atoms with E-state index in [1.54, 1.807) is 0 Å². The number of carbonyl (C=O) groups excluding carboxylic acids is 1. The van der Waals surface area contributed by atoms with Crippen LogP contribution < -0.4 is 5.32 Å². The van der Waals surface area contributed by atoms with E-state index in [1.165, 1.54) is 0 Å². The Bertz CT molecular complexity index is 179. The molecule has 12 heavy (non-hydrogen) atoms. The molecule has 0 saturated heterocycles. The lowest BCUT2D eigenvalue weighted by Crippen LogP contribution is -2.31. The number of hydrogen-bond donors (Lipinski definition) is 1. The van der Waals surface area contributed by atoms with Crippen molar-refractivity contribution in [2.24, 2.45) is 0 Å². The van der Waals surface area contributed by atoms with Gasteiger partial charge >= 0.3 is 0 Å². The lowest BCUT2D eigenvalue weighted by Gasteiger charge is -2.07. The highest BCUT2D eigenvalue weighted by molar-refractivity contribution is 9.10. The molecule has 0 aromatic carbocycles. The van der Waals surface area contributed by atoms with Gasteiger partial charge in [-0.25, -0.2) is 0 Å². The van der Waals surface area contributed by atoms with Crippen LogP contribution in [0.5, 0.6) is 0 Å². The van der Waals surface area contributed by atoms with Crippen LogP contribution in [0.3, 0.4) is 0 Å². The molecule has 0 fully saturated rings. The van der Waals surface area contributed by atoms with Crippen LogP contribution in [0.25, 0.3) is 0 Å². The van der Waals surface area contributed by atoms with E-state index in [-0.39, 0.29) is 10.7 Å². The van der Waals surface area contributed by atoms with Gasteiger partial charge in [-0.1, -0.05) is 31.9 Å². The van der Waals surface area contributed by atoms with Crippen LogP contribution >= 0.6 is 31.9 Å². The minimum Gasteiger partial charge on any atom is -0.354 e. The van der Waals surface area contributed by atoms with Gasteiger partial charge in [-0.3, -0.25) is 4.79 Å². The summed E-state index contributed by atoms with van der Waals surface area (Å²) in [4.78, 5) is 11.0. The molecule has 1 atom stereocenters. The molecule has 68 valence electrons. The summed E-state index contributed by atoms with van der Waals surface area (Å²) in [5.74, 6) is -0.0512. The SMILES string of the molecule is N#CCCNC(=O)C(Br)CCBr. The fourth-order valence-electron chi connectivity index (χ4n) is 0.579. The van der Waals surface area contributed by atoms with Crippen LogP contribution in [-0.2, 0) is 4.79 Å². The summed E-state index contributed by atoms with van der Waals surface area (Å²) in [7, 11) is 0. The summed E-state index contributed by atoms with van der Waals surface area (Å²) in [5.41, 5.74) is 0. The van der Waals surface area contributed by atoms with Gasteiger partial charge < -0.3 is 5.32 Å². The number of alkyl halides is 2. The van der Waals surface area contributed by atoms with Gasteiger partial charge in [-0.2, -0.15) is 5.26 Å². The van der Waals surface area contributed by atoms with Crippen molar-refractivity contribution in [3.8, 4) is 6.07 Å². The Morgan fingerprint density at radius 3 is 2.83 bits per heavy atom. The van der Waals surface area contributed by atoms with E-state index in [1.807, 2.05) is 6.07 Å². The molecule has 0 radical (unpaired) electrons. The molecular weight excluding hydrogens is 288 g/mol. The molecule has 0 rings (SSSR count). The van der Waals surface area contributed by atoms with Crippen molar-refractivity contribution in [2.45, 2.75) is 17.7 Å². The molecule has 1 unspecified atom stereocenters. The molecule has 1 N–H and O–H groups in total. The smallest absolute Gasteiger partial charge is 0.233 e. The van der Waals surface area contributed by atoms with E-state index in [9.17, 15) is 4.79 Å². The summed E-state index contributed by atoms with van der Waals surface area (Å²) < 4.78 is 0. The maximum Gasteiger partial charge on any atom is 0.233 e. The van der Waals surface area contributed by atoms with Gasteiger partial charge in [0.05, 0.1) is 17.3 Å². The van der Waals surface area contributed by atoms with Crippen LogP contribution in [0.2, 0.25) is 0 Å². The van der Waals surface area contributed by atoms with Gasteiger partial charge in [0, 0.05) is 11.9 Å². The summed E-state index contributed by atoms with van der Waals surface area (Å²) in [6, 6.07) is 1.95. The first-order valence-electron chi connectivity index (χ1n) is 3.57. The largest absolute Gasteiger partial charge is 0.354 e. The highest BCUT2D eigenvalue weighted by Gasteiger charge is 2.12. The Morgan fingerprint density at radius 2 is 2.33 bits per heavy atom. The molecule has 0 aromatic rings. The normalized spacial score (nSPS) is 11.8. The molecule has 0 aromatic heterocycles. The topological polar surface area (TPSA) is 52.9 Å². The predicted molar refractivity (Wildman–Crippen MR) is 54.4 cm³/mol. The Kier molecular flexibility index (Phi) is 7.51. The van der Waals surface area contributed by atoms with Crippen LogP contribution in [0.4, 0.5) is 0 Å². The second-order valence-corrected chi connectivity index (χ2v) is 4.04. The minimum atomic E-state index is -0.157. The Balaban J connectivity index is 3.51. The van der Waals surface area contributed by atoms with Gasteiger partial charge in [-0.15, -0.1) is 0 Å². The van der Waals surface area contributed by atoms with Crippen LogP contribution in [0.1, 0.15) is 12.8 Å². The monoisotopic (exact) mass is 296 g/mol. The quantitative estimate of drug-likeness (QED) is 0.618. The second-order valence-electron chi connectivity index (χ2n) is 2.14. The van der Waals surface area contributed by atoms with Crippen LogP contribution in [0.15, 0.2) is 0 Å². The zero-order valence-corrected chi connectivity index (χ0v) is 9.69. The average Bonchev–Trinajstić information content (AvgIpc) is 2.05.